The Kier molecular flexibility index (Phi) is 4.10. The van der Waals surface area contributed by atoms with Gasteiger partial charge in [-0.15, -0.1) is 0 Å². The molecule has 0 radical (unpaired) electrons. The lowest BCUT2D eigenvalue weighted by molar-refractivity contribution is -0.650. The summed E-state index contributed by atoms with van der Waals surface area (Å²) in [5.41, 5.74) is 1.24. The number of aromatic nitrogens is 2. The molecule has 1 aliphatic rings. The highest BCUT2D eigenvalue weighted by molar-refractivity contribution is 5.29. The van der Waals surface area contributed by atoms with E-state index in [1.165, 1.54) is 18.5 Å². The van der Waals surface area contributed by atoms with E-state index in [1.54, 1.807) is 0 Å². The minimum Gasteiger partial charge on any atom is -0.345 e. The summed E-state index contributed by atoms with van der Waals surface area (Å²) in [6.07, 6.45) is 7.40. The van der Waals surface area contributed by atoms with Gasteiger partial charge in [0.05, 0.1) is 19.6 Å². The van der Waals surface area contributed by atoms with E-state index in [2.05, 4.69) is 27.1 Å². The fourth-order valence-electron chi connectivity index (χ4n) is 2.06. The number of hydrogen-bond donors (Lipinski definition) is 1. The van der Waals surface area contributed by atoms with Crippen LogP contribution in [0.5, 0.6) is 0 Å². The normalized spacial score (nSPS) is 17.2. The van der Waals surface area contributed by atoms with Crippen molar-refractivity contribution in [2.75, 3.05) is 31.1 Å². The van der Waals surface area contributed by atoms with Gasteiger partial charge >= 0.3 is 0 Å². The second-order valence-corrected chi connectivity index (χ2v) is 4.35. The Morgan fingerprint density at radius 2 is 2.06 bits per heavy atom. The topological polar surface area (TPSA) is 45.6 Å². The van der Waals surface area contributed by atoms with E-state index in [0.717, 1.165) is 38.4 Å². The molecule has 88 valence electrons. The van der Waals surface area contributed by atoms with Crippen LogP contribution in [0, 0.1) is 0 Å². The molecule has 0 aromatic carbocycles. The second-order valence-electron chi connectivity index (χ2n) is 4.35. The summed E-state index contributed by atoms with van der Waals surface area (Å²) in [7, 11) is 0. The largest absolute Gasteiger partial charge is 0.345 e. The zero-order valence-electron chi connectivity index (χ0n) is 10.0. The maximum atomic E-state index is 4.46. The third-order valence-electron chi connectivity index (χ3n) is 2.95. The second kappa shape index (κ2) is 5.80. The molecule has 1 aliphatic heterocycles. The predicted molar refractivity (Wildman–Crippen MR) is 64.5 cm³/mol. The van der Waals surface area contributed by atoms with Crippen molar-refractivity contribution in [1.29, 1.82) is 0 Å². The van der Waals surface area contributed by atoms with Gasteiger partial charge in [-0.3, -0.25) is 0 Å². The van der Waals surface area contributed by atoms with Gasteiger partial charge in [0.1, 0.15) is 0 Å². The molecule has 0 aliphatic carbocycles. The first-order valence-electron chi connectivity index (χ1n) is 6.27. The molecule has 0 amide bonds. The van der Waals surface area contributed by atoms with Gasteiger partial charge in [0.25, 0.3) is 0 Å². The highest BCUT2D eigenvalue weighted by atomic mass is 15.3. The molecule has 1 saturated heterocycles. The average Bonchev–Trinajstić information content (AvgIpc) is 2.59. The first-order valence-corrected chi connectivity index (χ1v) is 6.27. The smallest absolute Gasteiger partial charge is 0.225 e. The molecule has 1 aromatic rings. The number of quaternary nitrogens is 1. The fourth-order valence-corrected chi connectivity index (χ4v) is 2.06. The summed E-state index contributed by atoms with van der Waals surface area (Å²) < 4.78 is 0. The first-order chi connectivity index (χ1) is 7.90. The predicted octanol–water partition coefficient (Wildman–Crippen LogP) is 0.203. The summed E-state index contributed by atoms with van der Waals surface area (Å²) in [6, 6.07) is 0. The monoisotopic (exact) mass is 221 g/mol. The average molecular weight is 221 g/mol. The number of rotatable bonds is 3. The molecule has 0 saturated carbocycles. The van der Waals surface area contributed by atoms with Gasteiger partial charge < -0.3 is 10.2 Å². The molecule has 2 rings (SSSR count). The maximum Gasteiger partial charge on any atom is 0.225 e. The Morgan fingerprint density at radius 3 is 2.81 bits per heavy atom. The minimum atomic E-state index is 0.898. The van der Waals surface area contributed by atoms with E-state index in [1.807, 2.05) is 12.4 Å². The maximum absolute atomic E-state index is 4.46. The summed E-state index contributed by atoms with van der Waals surface area (Å²) >= 11 is 0. The lowest BCUT2D eigenvalue weighted by Gasteiger charge is -2.18. The first kappa shape index (κ1) is 11.3. The zero-order chi connectivity index (χ0) is 11.2. The summed E-state index contributed by atoms with van der Waals surface area (Å²) in [5.74, 6) is 0.898. The molecule has 2 heterocycles. The molecular formula is C12H21N4+. The fraction of sp³-hybridized carbons (Fsp3) is 0.667. The van der Waals surface area contributed by atoms with Gasteiger partial charge in [-0.2, -0.15) is 0 Å². The van der Waals surface area contributed by atoms with Gasteiger partial charge in [-0.1, -0.05) is 13.3 Å². The molecule has 1 aromatic heterocycles. The SMILES string of the molecule is CCCc1cnc(N2CCC[NH2+]CC2)nc1. The summed E-state index contributed by atoms with van der Waals surface area (Å²) in [5, 5.41) is 2.37. The van der Waals surface area contributed by atoms with E-state index in [-0.39, 0.29) is 0 Å². The number of anilines is 1. The molecule has 16 heavy (non-hydrogen) atoms. The molecule has 0 spiro atoms. The number of nitrogens with zero attached hydrogens (tertiary/aromatic N) is 3. The van der Waals surface area contributed by atoms with Crippen LogP contribution in [0.15, 0.2) is 12.4 Å². The standard InChI is InChI=1S/C12H20N4/c1-2-4-11-9-14-12(15-10-11)16-7-3-5-13-6-8-16/h9-10,13H,2-8H2,1H3/p+1. The van der Waals surface area contributed by atoms with Crippen LogP contribution in [0.3, 0.4) is 0 Å². The van der Waals surface area contributed by atoms with Crippen molar-refractivity contribution in [2.24, 2.45) is 0 Å². The molecule has 4 nitrogen and oxygen atoms in total. The summed E-state index contributed by atoms with van der Waals surface area (Å²) in [6.45, 7) is 6.71. The Labute approximate surface area is 97.1 Å². The van der Waals surface area contributed by atoms with Gasteiger partial charge in [-0.05, 0) is 12.0 Å². The number of hydrogen-bond acceptors (Lipinski definition) is 3. The minimum absolute atomic E-state index is 0.898. The van der Waals surface area contributed by atoms with Crippen molar-refractivity contribution in [3.05, 3.63) is 18.0 Å². The highest BCUT2D eigenvalue weighted by Gasteiger charge is 2.13. The van der Waals surface area contributed by atoms with Crippen LogP contribution in [-0.4, -0.2) is 36.1 Å². The van der Waals surface area contributed by atoms with E-state index in [9.17, 15) is 0 Å². The van der Waals surface area contributed by atoms with Crippen LogP contribution in [0.4, 0.5) is 5.95 Å². The lowest BCUT2D eigenvalue weighted by atomic mass is 10.2. The Balaban J connectivity index is 2.01. The van der Waals surface area contributed by atoms with Crippen molar-refractivity contribution in [3.63, 3.8) is 0 Å². The number of aryl methyl sites for hydroxylation is 1. The van der Waals surface area contributed by atoms with Gasteiger partial charge in [0, 0.05) is 25.4 Å². The molecule has 0 bridgehead atoms. The van der Waals surface area contributed by atoms with Crippen molar-refractivity contribution in [1.82, 2.24) is 9.97 Å². The summed E-state index contributed by atoms with van der Waals surface area (Å²) in [4.78, 5) is 11.2. The van der Waals surface area contributed by atoms with Crippen molar-refractivity contribution < 1.29 is 5.32 Å². The van der Waals surface area contributed by atoms with Crippen molar-refractivity contribution in [2.45, 2.75) is 26.2 Å². The Hall–Kier alpha value is -1.16. The van der Waals surface area contributed by atoms with Gasteiger partial charge in [-0.25, -0.2) is 9.97 Å². The van der Waals surface area contributed by atoms with Crippen LogP contribution >= 0.6 is 0 Å². The molecular weight excluding hydrogens is 200 g/mol. The van der Waals surface area contributed by atoms with Gasteiger partial charge in [0.2, 0.25) is 5.95 Å². The molecule has 0 atom stereocenters. The molecule has 0 unspecified atom stereocenters. The van der Waals surface area contributed by atoms with E-state index in [0.29, 0.717) is 0 Å². The Bertz CT molecular complexity index is 301. The third-order valence-corrected chi connectivity index (χ3v) is 2.95. The van der Waals surface area contributed by atoms with E-state index in [4.69, 9.17) is 0 Å². The van der Waals surface area contributed by atoms with E-state index < -0.39 is 0 Å². The van der Waals surface area contributed by atoms with Crippen molar-refractivity contribution >= 4 is 5.95 Å². The van der Waals surface area contributed by atoms with Crippen LogP contribution in [0.2, 0.25) is 0 Å². The molecule has 1 fully saturated rings. The van der Waals surface area contributed by atoms with E-state index >= 15 is 0 Å². The van der Waals surface area contributed by atoms with Gasteiger partial charge in [0.15, 0.2) is 0 Å². The lowest BCUT2D eigenvalue weighted by Crippen LogP contribution is -2.84. The number of nitrogens with two attached hydrogens (primary N) is 1. The van der Waals surface area contributed by atoms with Crippen LogP contribution in [0.1, 0.15) is 25.3 Å². The van der Waals surface area contributed by atoms with Crippen LogP contribution in [0.25, 0.3) is 0 Å². The highest BCUT2D eigenvalue weighted by Crippen LogP contribution is 2.08. The van der Waals surface area contributed by atoms with Crippen LogP contribution < -0.4 is 10.2 Å². The zero-order valence-corrected chi connectivity index (χ0v) is 10.0. The Morgan fingerprint density at radius 1 is 1.25 bits per heavy atom. The van der Waals surface area contributed by atoms with Crippen molar-refractivity contribution in [3.8, 4) is 0 Å². The molecule has 2 N–H and O–H groups in total. The quantitative estimate of drug-likeness (QED) is 0.793. The molecule has 4 heteroatoms. The third kappa shape index (κ3) is 2.92. The van der Waals surface area contributed by atoms with Crippen LogP contribution in [-0.2, 0) is 6.42 Å².